The number of aryl methyl sites for hydroxylation is 1. The van der Waals surface area contributed by atoms with E-state index in [4.69, 9.17) is 0 Å². The Kier molecular flexibility index (Phi) is 4.69. The van der Waals surface area contributed by atoms with Crippen LogP contribution in [0.15, 0.2) is 18.2 Å². The van der Waals surface area contributed by atoms with E-state index in [1.165, 1.54) is 23.8 Å². The predicted molar refractivity (Wildman–Crippen MR) is 97.3 cm³/mol. The van der Waals surface area contributed by atoms with Crippen molar-refractivity contribution >= 4 is 17.5 Å². The molecular formula is C20H26FN3O2. The average molecular weight is 359 g/mol. The van der Waals surface area contributed by atoms with Crippen molar-refractivity contribution < 1.29 is 14.0 Å². The molecule has 6 heteroatoms. The molecule has 1 aliphatic carbocycles. The van der Waals surface area contributed by atoms with Gasteiger partial charge in [0.2, 0.25) is 11.8 Å². The lowest BCUT2D eigenvalue weighted by Gasteiger charge is -2.36. The van der Waals surface area contributed by atoms with Gasteiger partial charge in [0, 0.05) is 45.7 Å². The van der Waals surface area contributed by atoms with Crippen LogP contribution in [0.1, 0.15) is 24.8 Å². The van der Waals surface area contributed by atoms with Gasteiger partial charge in [0.1, 0.15) is 5.82 Å². The molecule has 0 bridgehead atoms. The van der Waals surface area contributed by atoms with Crippen molar-refractivity contribution in [2.45, 2.75) is 26.2 Å². The maximum atomic E-state index is 14.2. The minimum Gasteiger partial charge on any atom is -0.340 e. The molecule has 1 unspecified atom stereocenters. The number of hydrogen-bond acceptors (Lipinski definition) is 3. The molecule has 1 saturated carbocycles. The first-order valence-corrected chi connectivity index (χ1v) is 9.59. The van der Waals surface area contributed by atoms with Crippen LogP contribution in [-0.4, -0.2) is 60.9 Å². The fourth-order valence-electron chi connectivity index (χ4n) is 4.01. The Morgan fingerprint density at radius 3 is 2.58 bits per heavy atom. The third kappa shape index (κ3) is 3.61. The second-order valence-electron chi connectivity index (χ2n) is 7.93. The summed E-state index contributed by atoms with van der Waals surface area (Å²) in [4.78, 5) is 31.0. The summed E-state index contributed by atoms with van der Waals surface area (Å²) < 4.78 is 14.2. The highest BCUT2D eigenvalue weighted by Crippen LogP contribution is 2.31. The van der Waals surface area contributed by atoms with Gasteiger partial charge in [-0.1, -0.05) is 6.07 Å². The lowest BCUT2D eigenvalue weighted by Crippen LogP contribution is -2.51. The Morgan fingerprint density at radius 2 is 1.92 bits per heavy atom. The SMILES string of the molecule is Cc1ccc(N2CC(C(=O)N3CCN(CC4CC4)CC3)CC2=O)c(F)c1. The zero-order valence-corrected chi connectivity index (χ0v) is 15.3. The average Bonchev–Trinajstić information content (AvgIpc) is 3.35. The molecule has 1 atom stereocenters. The number of piperazine rings is 1. The maximum Gasteiger partial charge on any atom is 0.228 e. The number of benzene rings is 1. The van der Waals surface area contributed by atoms with Gasteiger partial charge in [-0.05, 0) is 43.4 Å². The van der Waals surface area contributed by atoms with Crippen molar-refractivity contribution in [3.05, 3.63) is 29.6 Å². The van der Waals surface area contributed by atoms with Crippen molar-refractivity contribution in [1.29, 1.82) is 0 Å². The van der Waals surface area contributed by atoms with E-state index in [0.29, 0.717) is 0 Å². The first-order chi connectivity index (χ1) is 12.5. The minimum atomic E-state index is -0.403. The first kappa shape index (κ1) is 17.5. The van der Waals surface area contributed by atoms with E-state index in [-0.39, 0.29) is 36.4 Å². The van der Waals surface area contributed by atoms with Gasteiger partial charge >= 0.3 is 0 Å². The molecular weight excluding hydrogens is 333 g/mol. The topological polar surface area (TPSA) is 43.9 Å². The summed E-state index contributed by atoms with van der Waals surface area (Å²) in [5.41, 5.74) is 1.10. The Morgan fingerprint density at radius 1 is 1.19 bits per heavy atom. The Hall–Kier alpha value is -1.95. The van der Waals surface area contributed by atoms with Crippen molar-refractivity contribution in [2.75, 3.05) is 44.2 Å². The second kappa shape index (κ2) is 6.99. The molecule has 1 aromatic carbocycles. The molecule has 26 heavy (non-hydrogen) atoms. The van der Waals surface area contributed by atoms with Crippen molar-refractivity contribution in [1.82, 2.24) is 9.80 Å². The van der Waals surface area contributed by atoms with Crippen LogP contribution in [0.25, 0.3) is 0 Å². The summed E-state index contributed by atoms with van der Waals surface area (Å²) in [5, 5.41) is 0. The summed E-state index contributed by atoms with van der Waals surface area (Å²) in [6.07, 6.45) is 2.86. The highest BCUT2D eigenvalue weighted by atomic mass is 19.1. The number of amides is 2. The molecule has 140 valence electrons. The van der Waals surface area contributed by atoms with Gasteiger partial charge in [0.05, 0.1) is 11.6 Å². The van der Waals surface area contributed by atoms with Gasteiger partial charge in [-0.3, -0.25) is 14.5 Å². The monoisotopic (exact) mass is 359 g/mol. The third-order valence-corrected chi connectivity index (χ3v) is 5.77. The van der Waals surface area contributed by atoms with Crippen LogP contribution in [0.4, 0.5) is 10.1 Å². The second-order valence-corrected chi connectivity index (χ2v) is 7.93. The smallest absolute Gasteiger partial charge is 0.228 e. The molecule has 3 aliphatic rings. The summed E-state index contributed by atoms with van der Waals surface area (Å²) in [5.74, 6) is -0.0288. The molecule has 4 rings (SSSR count). The fraction of sp³-hybridized carbons (Fsp3) is 0.600. The number of halogens is 1. The minimum absolute atomic E-state index is 0.0411. The number of carbonyl (C=O) groups is 2. The van der Waals surface area contributed by atoms with Gasteiger partial charge in [0.15, 0.2) is 0 Å². The molecule has 0 aromatic heterocycles. The molecule has 5 nitrogen and oxygen atoms in total. The molecule has 0 spiro atoms. The van der Waals surface area contributed by atoms with Crippen LogP contribution in [0.3, 0.4) is 0 Å². The molecule has 0 radical (unpaired) electrons. The molecule has 2 aliphatic heterocycles. The molecule has 2 heterocycles. The summed E-state index contributed by atoms with van der Waals surface area (Å²) >= 11 is 0. The van der Waals surface area contributed by atoms with Crippen molar-refractivity contribution in [2.24, 2.45) is 11.8 Å². The van der Waals surface area contributed by atoms with E-state index in [9.17, 15) is 14.0 Å². The maximum absolute atomic E-state index is 14.2. The molecule has 2 saturated heterocycles. The Bertz CT molecular complexity index is 711. The zero-order valence-electron chi connectivity index (χ0n) is 15.3. The number of nitrogens with zero attached hydrogens (tertiary/aromatic N) is 3. The van der Waals surface area contributed by atoms with Crippen LogP contribution < -0.4 is 4.90 Å². The molecule has 3 fully saturated rings. The lowest BCUT2D eigenvalue weighted by molar-refractivity contribution is -0.137. The van der Waals surface area contributed by atoms with Crippen LogP contribution in [0.5, 0.6) is 0 Å². The van der Waals surface area contributed by atoms with Crippen molar-refractivity contribution in [3.63, 3.8) is 0 Å². The van der Waals surface area contributed by atoms with Gasteiger partial charge in [-0.15, -0.1) is 0 Å². The summed E-state index contributed by atoms with van der Waals surface area (Å²) in [6, 6.07) is 4.85. The van der Waals surface area contributed by atoms with Crippen LogP contribution >= 0.6 is 0 Å². The van der Waals surface area contributed by atoms with E-state index in [0.717, 1.165) is 44.2 Å². The van der Waals surface area contributed by atoms with Crippen LogP contribution in [-0.2, 0) is 9.59 Å². The van der Waals surface area contributed by atoms with E-state index in [1.807, 2.05) is 11.8 Å². The highest BCUT2D eigenvalue weighted by molar-refractivity contribution is 6.00. The fourth-order valence-corrected chi connectivity index (χ4v) is 4.01. The van der Waals surface area contributed by atoms with E-state index >= 15 is 0 Å². The number of rotatable bonds is 4. The largest absolute Gasteiger partial charge is 0.340 e. The zero-order chi connectivity index (χ0) is 18.3. The van der Waals surface area contributed by atoms with E-state index < -0.39 is 5.82 Å². The predicted octanol–water partition coefficient (Wildman–Crippen LogP) is 2.04. The van der Waals surface area contributed by atoms with Gasteiger partial charge in [-0.2, -0.15) is 0 Å². The first-order valence-electron chi connectivity index (χ1n) is 9.59. The van der Waals surface area contributed by atoms with E-state index in [2.05, 4.69) is 4.90 Å². The van der Waals surface area contributed by atoms with Crippen molar-refractivity contribution in [3.8, 4) is 0 Å². The molecule has 1 aromatic rings. The molecule has 2 amide bonds. The normalized spacial score (nSPS) is 24.4. The van der Waals surface area contributed by atoms with Crippen LogP contribution in [0, 0.1) is 24.6 Å². The molecule has 0 N–H and O–H groups in total. The number of hydrogen-bond donors (Lipinski definition) is 0. The Labute approximate surface area is 153 Å². The van der Waals surface area contributed by atoms with Gasteiger partial charge in [0.25, 0.3) is 0 Å². The van der Waals surface area contributed by atoms with E-state index in [1.54, 1.807) is 12.1 Å². The summed E-state index contributed by atoms with van der Waals surface area (Å²) in [7, 11) is 0. The number of carbonyl (C=O) groups excluding carboxylic acids is 2. The van der Waals surface area contributed by atoms with Gasteiger partial charge < -0.3 is 9.80 Å². The Balaban J connectivity index is 1.36. The highest BCUT2D eigenvalue weighted by Gasteiger charge is 2.39. The van der Waals surface area contributed by atoms with Gasteiger partial charge in [-0.25, -0.2) is 4.39 Å². The number of anilines is 1. The third-order valence-electron chi connectivity index (χ3n) is 5.77. The standard InChI is InChI=1S/C20H26FN3O2/c1-14-2-5-18(17(21)10-14)24-13-16(11-19(24)25)20(26)23-8-6-22(7-9-23)12-15-3-4-15/h2,5,10,15-16H,3-4,6-9,11-13H2,1H3. The lowest BCUT2D eigenvalue weighted by atomic mass is 10.1. The summed E-state index contributed by atoms with van der Waals surface area (Å²) in [6.45, 7) is 6.54. The van der Waals surface area contributed by atoms with Crippen LogP contribution in [0.2, 0.25) is 0 Å². The quantitative estimate of drug-likeness (QED) is 0.826.